The van der Waals surface area contributed by atoms with E-state index in [1.54, 1.807) is 25.1 Å². The molecule has 1 N–H and O–H groups in total. The Labute approximate surface area is 197 Å². The SMILES string of the molecule is CC[C@@H](C)NC(=O)[C@@H](C)N(CCc1ccccc1)C(=O)CN(c1cccc(C)c1)S(C)(=O)=O. The molecular formula is C25H35N3O4S. The maximum Gasteiger partial charge on any atom is 0.244 e. The van der Waals surface area contributed by atoms with E-state index < -0.39 is 22.0 Å². The summed E-state index contributed by atoms with van der Waals surface area (Å²) in [5.74, 6) is -0.683. The minimum Gasteiger partial charge on any atom is -0.352 e. The van der Waals surface area contributed by atoms with E-state index in [1.807, 2.05) is 57.2 Å². The number of carbonyl (C=O) groups is 2. The third-order valence-corrected chi connectivity index (χ3v) is 6.76. The number of sulfonamides is 1. The zero-order valence-electron chi connectivity index (χ0n) is 20.1. The van der Waals surface area contributed by atoms with Gasteiger partial charge < -0.3 is 10.2 Å². The third-order valence-electron chi connectivity index (χ3n) is 5.62. The number of hydrogen-bond acceptors (Lipinski definition) is 4. The molecule has 0 saturated carbocycles. The maximum absolute atomic E-state index is 13.4. The number of benzene rings is 2. The summed E-state index contributed by atoms with van der Waals surface area (Å²) < 4.78 is 26.2. The highest BCUT2D eigenvalue weighted by atomic mass is 32.2. The third kappa shape index (κ3) is 7.89. The average molecular weight is 474 g/mol. The van der Waals surface area contributed by atoms with Crippen LogP contribution in [-0.4, -0.2) is 56.6 Å². The molecule has 7 nitrogen and oxygen atoms in total. The molecule has 33 heavy (non-hydrogen) atoms. The molecule has 0 radical (unpaired) electrons. The van der Waals surface area contributed by atoms with Crippen molar-refractivity contribution in [2.24, 2.45) is 0 Å². The van der Waals surface area contributed by atoms with E-state index >= 15 is 0 Å². The Morgan fingerprint density at radius 2 is 1.70 bits per heavy atom. The van der Waals surface area contributed by atoms with Crippen molar-refractivity contribution in [1.82, 2.24) is 10.2 Å². The Morgan fingerprint density at radius 1 is 1.03 bits per heavy atom. The van der Waals surface area contributed by atoms with Gasteiger partial charge in [0.25, 0.3) is 0 Å². The summed E-state index contributed by atoms with van der Waals surface area (Å²) in [5, 5.41) is 2.92. The number of aryl methyl sites for hydroxylation is 1. The Balaban J connectivity index is 2.30. The maximum atomic E-state index is 13.4. The molecule has 8 heteroatoms. The second-order valence-corrected chi connectivity index (χ2v) is 10.3. The van der Waals surface area contributed by atoms with E-state index in [-0.39, 0.29) is 18.5 Å². The predicted molar refractivity (Wildman–Crippen MR) is 133 cm³/mol. The molecule has 0 bridgehead atoms. The first-order valence-electron chi connectivity index (χ1n) is 11.2. The lowest BCUT2D eigenvalue weighted by molar-refractivity contribution is -0.139. The number of nitrogens with one attached hydrogen (secondary N) is 1. The molecule has 0 unspecified atom stereocenters. The minimum absolute atomic E-state index is 0.0224. The summed E-state index contributed by atoms with van der Waals surface area (Å²) in [6, 6.07) is 15.9. The van der Waals surface area contributed by atoms with Crippen LogP contribution in [0.4, 0.5) is 5.69 Å². The average Bonchev–Trinajstić information content (AvgIpc) is 2.77. The van der Waals surface area contributed by atoms with Gasteiger partial charge in [0.2, 0.25) is 21.8 Å². The lowest BCUT2D eigenvalue weighted by Gasteiger charge is -2.32. The van der Waals surface area contributed by atoms with Crippen LogP contribution in [0.2, 0.25) is 0 Å². The lowest BCUT2D eigenvalue weighted by Crippen LogP contribution is -2.53. The fourth-order valence-corrected chi connectivity index (χ4v) is 4.27. The number of amides is 2. The van der Waals surface area contributed by atoms with Crippen LogP contribution in [0.1, 0.15) is 38.3 Å². The summed E-state index contributed by atoms with van der Waals surface area (Å²) in [6.07, 6.45) is 2.40. The van der Waals surface area contributed by atoms with Crippen LogP contribution >= 0.6 is 0 Å². The minimum atomic E-state index is -3.71. The molecule has 2 aromatic rings. The van der Waals surface area contributed by atoms with Gasteiger partial charge in [0.1, 0.15) is 12.6 Å². The van der Waals surface area contributed by atoms with Crippen molar-refractivity contribution in [3.63, 3.8) is 0 Å². The van der Waals surface area contributed by atoms with Gasteiger partial charge in [-0.2, -0.15) is 0 Å². The van der Waals surface area contributed by atoms with Crippen LogP contribution in [-0.2, 0) is 26.0 Å². The number of hydrogen-bond donors (Lipinski definition) is 1. The second kappa shape index (κ2) is 11.8. The van der Waals surface area contributed by atoms with Crippen molar-refractivity contribution in [2.75, 3.05) is 23.7 Å². The van der Waals surface area contributed by atoms with Crippen molar-refractivity contribution < 1.29 is 18.0 Å². The molecule has 0 spiro atoms. The molecule has 2 atom stereocenters. The molecule has 0 fully saturated rings. The van der Waals surface area contributed by atoms with Crippen molar-refractivity contribution in [3.05, 3.63) is 65.7 Å². The monoisotopic (exact) mass is 473 g/mol. The summed E-state index contributed by atoms with van der Waals surface area (Å²) in [4.78, 5) is 27.7. The molecule has 0 aliphatic heterocycles. The molecular weight excluding hydrogens is 438 g/mol. The number of rotatable bonds is 11. The van der Waals surface area contributed by atoms with Gasteiger partial charge in [0.05, 0.1) is 11.9 Å². The van der Waals surface area contributed by atoms with E-state index in [2.05, 4.69) is 5.32 Å². The van der Waals surface area contributed by atoms with Crippen molar-refractivity contribution >= 4 is 27.5 Å². The Kier molecular flexibility index (Phi) is 9.46. The smallest absolute Gasteiger partial charge is 0.244 e. The molecule has 0 aliphatic carbocycles. The standard InChI is InChI=1S/C25H35N3O4S/c1-6-20(3)26-25(30)21(4)27(16-15-22-12-8-7-9-13-22)24(29)18-28(33(5,31)32)23-14-10-11-19(2)17-23/h7-14,17,20-21H,6,15-16,18H2,1-5H3,(H,26,30)/t20-,21-/m1/s1. The van der Waals surface area contributed by atoms with E-state index in [1.165, 1.54) is 4.90 Å². The first-order valence-corrected chi connectivity index (χ1v) is 13.1. The van der Waals surface area contributed by atoms with Gasteiger partial charge in [0.15, 0.2) is 0 Å². The van der Waals surface area contributed by atoms with Crippen LogP contribution in [0, 0.1) is 6.92 Å². The molecule has 0 aromatic heterocycles. The van der Waals surface area contributed by atoms with Crippen molar-refractivity contribution in [1.29, 1.82) is 0 Å². The fraction of sp³-hybridized carbons (Fsp3) is 0.440. The molecule has 180 valence electrons. The zero-order chi connectivity index (χ0) is 24.6. The topological polar surface area (TPSA) is 86.8 Å². The quantitative estimate of drug-likeness (QED) is 0.543. The van der Waals surface area contributed by atoms with Gasteiger partial charge in [-0.25, -0.2) is 8.42 Å². The van der Waals surface area contributed by atoms with Gasteiger partial charge >= 0.3 is 0 Å². The predicted octanol–water partition coefficient (Wildman–Crippen LogP) is 3.14. The van der Waals surface area contributed by atoms with Crippen LogP contribution in [0.3, 0.4) is 0 Å². The molecule has 0 saturated heterocycles. The highest BCUT2D eigenvalue weighted by Gasteiger charge is 2.30. The van der Waals surface area contributed by atoms with Gasteiger partial charge in [0, 0.05) is 12.6 Å². The Hall–Kier alpha value is -2.87. The van der Waals surface area contributed by atoms with Crippen molar-refractivity contribution in [2.45, 2.75) is 52.6 Å². The summed E-state index contributed by atoms with van der Waals surface area (Å²) in [5.41, 5.74) is 2.34. The van der Waals surface area contributed by atoms with E-state index in [4.69, 9.17) is 0 Å². The van der Waals surface area contributed by atoms with Gasteiger partial charge in [-0.05, 0) is 56.9 Å². The summed E-state index contributed by atoms with van der Waals surface area (Å²) in [6.45, 7) is 7.34. The highest BCUT2D eigenvalue weighted by Crippen LogP contribution is 2.19. The fourth-order valence-electron chi connectivity index (χ4n) is 3.43. The number of nitrogens with zero attached hydrogens (tertiary/aromatic N) is 2. The zero-order valence-corrected chi connectivity index (χ0v) is 20.9. The Bertz CT molecular complexity index is 1040. The first kappa shape index (κ1) is 26.4. The lowest BCUT2D eigenvalue weighted by atomic mass is 10.1. The summed E-state index contributed by atoms with van der Waals surface area (Å²) in [7, 11) is -3.71. The van der Waals surface area contributed by atoms with Gasteiger partial charge in [-0.1, -0.05) is 49.4 Å². The van der Waals surface area contributed by atoms with Crippen LogP contribution in [0.25, 0.3) is 0 Å². The first-order chi connectivity index (χ1) is 15.5. The Morgan fingerprint density at radius 3 is 2.27 bits per heavy atom. The molecule has 2 rings (SSSR count). The largest absolute Gasteiger partial charge is 0.352 e. The van der Waals surface area contributed by atoms with E-state index in [0.717, 1.165) is 28.1 Å². The molecule has 0 aliphatic rings. The van der Waals surface area contributed by atoms with E-state index in [0.29, 0.717) is 18.7 Å². The number of carbonyl (C=O) groups excluding carboxylic acids is 2. The van der Waals surface area contributed by atoms with Gasteiger partial charge in [-0.15, -0.1) is 0 Å². The van der Waals surface area contributed by atoms with Crippen LogP contribution < -0.4 is 9.62 Å². The molecule has 2 aromatic carbocycles. The second-order valence-electron chi connectivity index (χ2n) is 8.43. The van der Waals surface area contributed by atoms with Crippen LogP contribution in [0.15, 0.2) is 54.6 Å². The normalized spacial score (nSPS) is 13.1. The number of anilines is 1. The summed E-state index contributed by atoms with van der Waals surface area (Å²) >= 11 is 0. The van der Waals surface area contributed by atoms with E-state index in [9.17, 15) is 18.0 Å². The van der Waals surface area contributed by atoms with Crippen LogP contribution in [0.5, 0.6) is 0 Å². The van der Waals surface area contributed by atoms with Gasteiger partial charge in [-0.3, -0.25) is 13.9 Å². The highest BCUT2D eigenvalue weighted by molar-refractivity contribution is 7.92. The molecule has 2 amide bonds. The molecule has 0 heterocycles. The van der Waals surface area contributed by atoms with Crippen molar-refractivity contribution in [3.8, 4) is 0 Å².